The second kappa shape index (κ2) is 11.8. The molecule has 0 radical (unpaired) electrons. The van der Waals surface area contributed by atoms with Gasteiger partial charge in [-0.25, -0.2) is 4.98 Å². The van der Waals surface area contributed by atoms with Gasteiger partial charge in [0, 0.05) is 54.6 Å². The molecular weight excluding hydrogens is 615 g/mol. The first-order chi connectivity index (χ1) is 23.0. The highest BCUT2D eigenvalue weighted by Crippen LogP contribution is 2.42. The summed E-state index contributed by atoms with van der Waals surface area (Å²) >= 11 is 0. The molecule has 1 saturated heterocycles. The first-order valence-corrected chi connectivity index (χ1v) is 16.5. The fourth-order valence-electron chi connectivity index (χ4n) is 7.14. The summed E-state index contributed by atoms with van der Waals surface area (Å²) < 4.78 is 49.2. The van der Waals surface area contributed by atoms with Crippen LogP contribution in [-0.2, 0) is 19.8 Å². The van der Waals surface area contributed by atoms with Crippen LogP contribution >= 0.6 is 0 Å². The normalized spacial score (nSPS) is 19.8. The molecule has 2 N–H and O–H groups in total. The standard InChI is InChI=1S/C38H40F3N5O2/c1-5-37(21-42)22-46(23(37)2)36(47)28-17-30-34(33(19-28)48-4)44(3)35(43-30)32-18-27-13-10-25(16-31(27)45(32)20-26-8-9-26)7-6-24-11-14-29(15-12-24)38(39,40)41/h6-7,10-19,23,26H,5,8-9,20-22,42H2,1-4H3/b7-6+/t23?,37-/m1/s1. The number of rotatable bonds is 9. The molecule has 1 unspecified atom stereocenters. The van der Waals surface area contributed by atoms with E-state index in [0.717, 1.165) is 58.6 Å². The number of aromatic nitrogens is 3. The molecule has 250 valence electrons. The van der Waals surface area contributed by atoms with Gasteiger partial charge in [-0.2, -0.15) is 13.2 Å². The van der Waals surface area contributed by atoms with E-state index in [9.17, 15) is 18.0 Å². The van der Waals surface area contributed by atoms with Crippen LogP contribution in [0.3, 0.4) is 0 Å². The molecule has 1 saturated carbocycles. The number of fused-ring (bicyclic) bond motifs is 2. The molecule has 2 atom stereocenters. The van der Waals surface area contributed by atoms with Gasteiger partial charge in [-0.1, -0.05) is 43.3 Å². The van der Waals surface area contributed by atoms with Crippen molar-refractivity contribution in [1.29, 1.82) is 0 Å². The van der Waals surface area contributed by atoms with Gasteiger partial charge in [-0.15, -0.1) is 0 Å². The molecule has 2 aliphatic rings. The average Bonchev–Trinajstić information content (AvgIpc) is 3.75. The number of imidazole rings is 1. The van der Waals surface area contributed by atoms with Crippen molar-refractivity contribution >= 4 is 40.0 Å². The van der Waals surface area contributed by atoms with E-state index in [1.54, 1.807) is 7.11 Å². The number of nitrogens with two attached hydrogens (primary N) is 1. The first kappa shape index (κ1) is 32.0. The summed E-state index contributed by atoms with van der Waals surface area (Å²) in [5, 5.41) is 1.07. The second-order valence-corrected chi connectivity index (χ2v) is 13.4. The number of carbonyl (C=O) groups is 1. The fraction of sp³-hybridized carbons (Fsp3) is 0.368. The Morgan fingerprint density at radius 3 is 2.40 bits per heavy atom. The number of hydrogen-bond donors (Lipinski definition) is 1. The summed E-state index contributed by atoms with van der Waals surface area (Å²) in [5.41, 5.74) is 11.1. The number of halogens is 3. The largest absolute Gasteiger partial charge is 0.494 e. The van der Waals surface area contributed by atoms with Crippen LogP contribution in [0.4, 0.5) is 13.2 Å². The van der Waals surface area contributed by atoms with Gasteiger partial charge in [0.25, 0.3) is 5.91 Å². The first-order valence-electron chi connectivity index (χ1n) is 16.5. The van der Waals surface area contributed by atoms with Gasteiger partial charge >= 0.3 is 6.18 Å². The molecule has 1 amide bonds. The minimum absolute atomic E-state index is 0.0468. The Hall–Kier alpha value is -4.57. The van der Waals surface area contributed by atoms with E-state index in [2.05, 4.69) is 36.6 Å². The molecule has 1 aliphatic carbocycles. The van der Waals surface area contributed by atoms with Gasteiger partial charge in [0.1, 0.15) is 11.3 Å². The number of ether oxygens (including phenoxy) is 1. The molecule has 3 aromatic carbocycles. The quantitative estimate of drug-likeness (QED) is 0.163. The van der Waals surface area contributed by atoms with Gasteiger partial charge in [0.15, 0.2) is 5.82 Å². The number of nitrogens with zero attached hydrogens (tertiary/aromatic N) is 4. The molecule has 2 aromatic heterocycles. The Kier molecular flexibility index (Phi) is 7.89. The molecule has 10 heteroatoms. The maximum Gasteiger partial charge on any atom is 0.416 e. The Morgan fingerprint density at radius 2 is 1.77 bits per heavy atom. The third-order valence-corrected chi connectivity index (χ3v) is 10.6. The van der Waals surface area contributed by atoms with Gasteiger partial charge in [-0.3, -0.25) is 4.79 Å². The van der Waals surface area contributed by atoms with Crippen molar-refractivity contribution in [3.8, 4) is 17.3 Å². The average molecular weight is 656 g/mol. The van der Waals surface area contributed by atoms with Crippen molar-refractivity contribution in [3.05, 3.63) is 82.9 Å². The zero-order valence-electron chi connectivity index (χ0n) is 27.6. The molecule has 2 fully saturated rings. The van der Waals surface area contributed by atoms with E-state index in [-0.39, 0.29) is 17.4 Å². The lowest BCUT2D eigenvalue weighted by molar-refractivity contribution is -0.137. The summed E-state index contributed by atoms with van der Waals surface area (Å²) in [6, 6.07) is 17.2. The number of methoxy groups -OCH3 is 1. The van der Waals surface area contributed by atoms with Crippen LogP contribution in [0.1, 0.15) is 60.2 Å². The smallest absolute Gasteiger partial charge is 0.416 e. The lowest BCUT2D eigenvalue weighted by Gasteiger charge is -2.56. The van der Waals surface area contributed by atoms with E-state index < -0.39 is 11.7 Å². The number of carbonyl (C=O) groups excluding carboxylic acids is 1. The highest BCUT2D eigenvalue weighted by Gasteiger charge is 2.50. The molecular formula is C38H40F3N5O2. The van der Waals surface area contributed by atoms with Crippen molar-refractivity contribution < 1.29 is 22.7 Å². The van der Waals surface area contributed by atoms with Gasteiger partial charge in [0.2, 0.25) is 0 Å². The van der Waals surface area contributed by atoms with E-state index in [1.165, 1.54) is 25.0 Å². The second-order valence-electron chi connectivity index (χ2n) is 13.4. The van der Waals surface area contributed by atoms with Gasteiger partial charge in [-0.05, 0) is 79.6 Å². The Balaban J connectivity index is 1.25. The summed E-state index contributed by atoms with van der Waals surface area (Å²) in [5.74, 6) is 1.90. The number of amides is 1. The topological polar surface area (TPSA) is 78.3 Å². The monoisotopic (exact) mass is 655 g/mol. The molecule has 7 rings (SSSR count). The number of hydrogen-bond acceptors (Lipinski definition) is 4. The third kappa shape index (κ3) is 5.45. The van der Waals surface area contributed by atoms with E-state index in [0.29, 0.717) is 41.4 Å². The Bertz CT molecular complexity index is 2050. The molecule has 5 aromatic rings. The fourth-order valence-corrected chi connectivity index (χ4v) is 7.14. The van der Waals surface area contributed by atoms with Crippen LogP contribution in [-0.4, -0.2) is 51.2 Å². The number of benzene rings is 3. The Morgan fingerprint density at radius 1 is 1.06 bits per heavy atom. The number of likely N-dealkylation sites (tertiary alicyclic amines) is 1. The van der Waals surface area contributed by atoms with Crippen molar-refractivity contribution in [1.82, 2.24) is 19.0 Å². The molecule has 7 nitrogen and oxygen atoms in total. The number of alkyl halides is 3. The zero-order valence-corrected chi connectivity index (χ0v) is 27.6. The molecule has 1 aliphatic heterocycles. The lowest BCUT2D eigenvalue weighted by Crippen LogP contribution is -2.67. The van der Waals surface area contributed by atoms with E-state index >= 15 is 0 Å². The van der Waals surface area contributed by atoms with Crippen LogP contribution in [0.25, 0.3) is 45.6 Å². The third-order valence-electron chi connectivity index (χ3n) is 10.6. The van der Waals surface area contributed by atoms with Crippen molar-refractivity contribution in [3.63, 3.8) is 0 Å². The van der Waals surface area contributed by atoms with E-state index in [1.807, 2.05) is 46.9 Å². The summed E-state index contributed by atoms with van der Waals surface area (Å²) in [6.45, 7) is 6.23. The zero-order chi connectivity index (χ0) is 34.0. The minimum Gasteiger partial charge on any atom is -0.494 e. The highest BCUT2D eigenvalue weighted by atomic mass is 19.4. The van der Waals surface area contributed by atoms with Crippen LogP contribution < -0.4 is 10.5 Å². The van der Waals surface area contributed by atoms with Crippen LogP contribution in [0.2, 0.25) is 0 Å². The molecule has 0 spiro atoms. The van der Waals surface area contributed by atoms with Gasteiger partial charge < -0.3 is 24.5 Å². The highest BCUT2D eigenvalue weighted by molar-refractivity contribution is 6.01. The summed E-state index contributed by atoms with van der Waals surface area (Å²) in [4.78, 5) is 20.7. The van der Waals surface area contributed by atoms with Crippen molar-refractivity contribution in [2.24, 2.45) is 24.1 Å². The molecule has 0 bridgehead atoms. The van der Waals surface area contributed by atoms with Crippen molar-refractivity contribution in [2.75, 3.05) is 20.2 Å². The maximum absolute atomic E-state index is 13.7. The van der Waals surface area contributed by atoms with Crippen molar-refractivity contribution in [2.45, 2.75) is 51.9 Å². The van der Waals surface area contributed by atoms with Crippen LogP contribution in [0, 0.1) is 11.3 Å². The summed E-state index contributed by atoms with van der Waals surface area (Å²) in [6.07, 6.45) is 2.66. The molecule has 3 heterocycles. The van der Waals surface area contributed by atoms with E-state index in [4.69, 9.17) is 15.5 Å². The minimum atomic E-state index is -4.36. The van der Waals surface area contributed by atoms with Crippen LogP contribution in [0.15, 0.2) is 60.7 Å². The predicted octanol–water partition coefficient (Wildman–Crippen LogP) is 8.00. The predicted molar refractivity (Wildman–Crippen MR) is 184 cm³/mol. The number of aryl methyl sites for hydroxylation is 1. The molecule has 48 heavy (non-hydrogen) atoms. The summed E-state index contributed by atoms with van der Waals surface area (Å²) in [7, 11) is 3.59. The Labute approximate surface area is 277 Å². The maximum atomic E-state index is 13.7. The van der Waals surface area contributed by atoms with Crippen LogP contribution in [0.5, 0.6) is 5.75 Å². The van der Waals surface area contributed by atoms with Gasteiger partial charge in [0.05, 0.1) is 23.9 Å². The SMILES string of the molecule is CC[C@@]1(CN)CN(C(=O)c2cc(OC)c3c(c2)nc(-c2cc4ccc(/C=C/c5ccc(C(F)(F)F)cc5)cc4n2CC2CC2)n3C)C1C. The lowest BCUT2D eigenvalue weighted by atomic mass is 9.70.